The highest BCUT2D eigenvalue weighted by atomic mass is 16.2. The molecule has 0 aliphatic carbocycles. The predicted molar refractivity (Wildman–Crippen MR) is 74.5 cm³/mol. The number of allylic oxidation sites excluding steroid dienone is 4. The molecule has 0 amide bonds. The van der Waals surface area contributed by atoms with E-state index in [0.717, 1.165) is 23.2 Å². The molecular weight excluding hydrogens is 210 g/mol. The Labute approximate surface area is 103 Å². The van der Waals surface area contributed by atoms with Crippen molar-refractivity contribution in [2.45, 2.75) is 13.3 Å². The molecule has 2 nitrogen and oxygen atoms in total. The molecule has 3 N–H and O–H groups in total. The summed E-state index contributed by atoms with van der Waals surface area (Å²) in [4.78, 5) is 0. The van der Waals surface area contributed by atoms with Crippen LogP contribution in [0.25, 0.3) is 6.08 Å². The molecule has 0 aliphatic rings. The number of rotatable bonds is 5. The van der Waals surface area contributed by atoms with Crippen molar-refractivity contribution in [1.29, 1.82) is 0 Å². The minimum absolute atomic E-state index is 0.0662. The van der Waals surface area contributed by atoms with Gasteiger partial charge in [0.15, 0.2) is 0 Å². The number of benzene rings is 1. The summed E-state index contributed by atoms with van der Waals surface area (Å²) in [5, 5.41) is 8.75. The minimum Gasteiger partial charge on any atom is -0.399 e. The molecular formula is C15H19NO. The first kappa shape index (κ1) is 13.3. The molecule has 0 aromatic heterocycles. The molecule has 0 heterocycles. The SMILES string of the molecule is CC/C=C(\C=C/CO)/C=C/c1ccc(N)cc1. The molecule has 0 saturated heterocycles. The average Bonchev–Trinajstić information content (AvgIpc) is 2.35. The van der Waals surface area contributed by atoms with Gasteiger partial charge in [0.1, 0.15) is 0 Å². The zero-order valence-electron chi connectivity index (χ0n) is 10.1. The maximum Gasteiger partial charge on any atom is 0.0615 e. The van der Waals surface area contributed by atoms with Crippen molar-refractivity contribution >= 4 is 11.8 Å². The van der Waals surface area contributed by atoms with Crippen LogP contribution in [-0.2, 0) is 0 Å². The van der Waals surface area contributed by atoms with Gasteiger partial charge in [-0.2, -0.15) is 0 Å². The first-order chi connectivity index (χ1) is 8.26. The fraction of sp³-hybridized carbons (Fsp3) is 0.200. The van der Waals surface area contributed by atoms with Crippen LogP contribution < -0.4 is 5.73 Å². The van der Waals surface area contributed by atoms with Crippen LogP contribution in [0.4, 0.5) is 5.69 Å². The second kappa shape index (κ2) is 7.47. The predicted octanol–water partition coefficient (Wildman–Crippen LogP) is 3.17. The highest BCUT2D eigenvalue weighted by Crippen LogP contribution is 2.10. The van der Waals surface area contributed by atoms with Crippen LogP contribution in [0.5, 0.6) is 0 Å². The first-order valence-corrected chi connectivity index (χ1v) is 5.77. The largest absolute Gasteiger partial charge is 0.399 e. The summed E-state index contributed by atoms with van der Waals surface area (Å²) in [6.45, 7) is 2.15. The summed E-state index contributed by atoms with van der Waals surface area (Å²) in [6.07, 6.45) is 10.8. The zero-order valence-corrected chi connectivity index (χ0v) is 10.1. The fourth-order valence-corrected chi connectivity index (χ4v) is 1.42. The van der Waals surface area contributed by atoms with Crippen molar-refractivity contribution in [3.05, 3.63) is 59.7 Å². The minimum atomic E-state index is 0.0662. The summed E-state index contributed by atoms with van der Waals surface area (Å²) in [5.74, 6) is 0. The van der Waals surface area contributed by atoms with Gasteiger partial charge >= 0.3 is 0 Å². The Morgan fingerprint density at radius 3 is 2.53 bits per heavy atom. The lowest BCUT2D eigenvalue weighted by atomic mass is 10.1. The van der Waals surface area contributed by atoms with E-state index >= 15 is 0 Å². The van der Waals surface area contributed by atoms with Crippen molar-refractivity contribution in [2.24, 2.45) is 0 Å². The van der Waals surface area contributed by atoms with Gasteiger partial charge in [0.25, 0.3) is 0 Å². The van der Waals surface area contributed by atoms with E-state index in [1.165, 1.54) is 0 Å². The number of hydrogen-bond donors (Lipinski definition) is 2. The Morgan fingerprint density at radius 1 is 1.24 bits per heavy atom. The van der Waals surface area contributed by atoms with E-state index in [9.17, 15) is 0 Å². The van der Waals surface area contributed by atoms with Gasteiger partial charge in [0.2, 0.25) is 0 Å². The fourth-order valence-electron chi connectivity index (χ4n) is 1.42. The summed E-state index contributed by atoms with van der Waals surface area (Å²) in [7, 11) is 0. The van der Waals surface area contributed by atoms with Gasteiger partial charge < -0.3 is 10.8 Å². The van der Waals surface area contributed by atoms with Crippen molar-refractivity contribution in [2.75, 3.05) is 12.3 Å². The number of aliphatic hydroxyl groups excluding tert-OH is 1. The Balaban J connectivity index is 2.76. The van der Waals surface area contributed by atoms with E-state index in [1.807, 2.05) is 42.5 Å². The average molecular weight is 229 g/mol. The van der Waals surface area contributed by atoms with Crippen LogP contribution in [0.3, 0.4) is 0 Å². The second-order valence-electron chi connectivity index (χ2n) is 3.70. The lowest BCUT2D eigenvalue weighted by molar-refractivity contribution is 0.342. The quantitative estimate of drug-likeness (QED) is 0.601. The first-order valence-electron chi connectivity index (χ1n) is 5.77. The molecule has 1 aromatic carbocycles. The summed E-state index contributed by atoms with van der Waals surface area (Å²) < 4.78 is 0. The van der Waals surface area contributed by atoms with Gasteiger partial charge in [-0.1, -0.05) is 49.4 Å². The third-order valence-electron chi connectivity index (χ3n) is 2.26. The van der Waals surface area contributed by atoms with Crippen LogP contribution in [0.15, 0.2) is 54.1 Å². The van der Waals surface area contributed by atoms with Gasteiger partial charge in [-0.3, -0.25) is 0 Å². The standard InChI is InChI=1S/C15H19NO/c1-2-4-13(5-3-12-17)6-7-14-8-10-15(16)11-9-14/h3-11,17H,2,12,16H2,1H3/b5-3-,7-6+,13-4+. The van der Waals surface area contributed by atoms with Crippen molar-refractivity contribution in [1.82, 2.24) is 0 Å². The van der Waals surface area contributed by atoms with Crippen molar-refractivity contribution in [3.8, 4) is 0 Å². The molecule has 17 heavy (non-hydrogen) atoms. The highest BCUT2D eigenvalue weighted by Gasteiger charge is 1.88. The van der Waals surface area contributed by atoms with Crippen LogP contribution in [-0.4, -0.2) is 11.7 Å². The molecule has 1 aromatic rings. The number of anilines is 1. The van der Waals surface area contributed by atoms with Gasteiger partial charge in [-0.15, -0.1) is 0 Å². The van der Waals surface area contributed by atoms with Crippen LogP contribution in [0.2, 0.25) is 0 Å². The third kappa shape index (κ3) is 5.18. The summed E-state index contributed by atoms with van der Waals surface area (Å²) in [5.41, 5.74) is 8.60. The molecule has 0 atom stereocenters. The van der Waals surface area contributed by atoms with E-state index in [4.69, 9.17) is 10.8 Å². The van der Waals surface area contributed by atoms with E-state index in [0.29, 0.717) is 0 Å². The second-order valence-corrected chi connectivity index (χ2v) is 3.70. The lowest BCUT2D eigenvalue weighted by Gasteiger charge is -1.96. The molecule has 0 unspecified atom stereocenters. The normalized spacial score (nSPS) is 12.7. The molecule has 0 bridgehead atoms. The van der Waals surface area contributed by atoms with Gasteiger partial charge in [-0.25, -0.2) is 0 Å². The van der Waals surface area contributed by atoms with Crippen molar-refractivity contribution < 1.29 is 5.11 Å². The van der Waals surface area contributed by atoms with E-state index < -0.39 is 0 Å². The number of nitrogens with two attached hydrogens (primary N) is 1. The summed E-state index contributed by atoms with van der Waals surface area (Å²) >= 11 is 0. The van der Waals surface area contributed by atoms with E-state index in [2.05, 4.69) is 13.0 Å². The number of nitrogen functional groups attached to an aromatic ring is 1. The molecule has 1 rings (SSSR count). The molecule has 0 aliphatic heterocycles. The molecule has 0 radical (unpaired) electrons. The van der Waals surface area contributed by atoms with Crippen molar-refractivity contribution in [3.63, 3.8) is 0 Å². The molecule has 0 saturated carbocycles. The topological polar surface area (TPSA) is 46.2 Å². The Kier molecular flexibility index (Phi) is 5.83. The van der Waals surface area contributed by atoms with Crippen LogP contribution in [0, 0.1) is 0 Å². The lowest BCUT2D eigenvalue weighted by Crippen LogP contribution is -1.82. The Bertz CT molecular complexity index is 413. The molecule has 90 valence electrons. The third-order valence-corrected chi connectivity index (χ3v) is 2.26. The molecule has 0 fully saturated rings. The molecule has 0 spiro atoms. The monoisotopic (exact) mass is 229 g/mol. The van der Waals surface area contributed by atoms with Crippen LogP contribution >= 0.6 is 0 Å². The Morgan fingerprint density at radius 2 is 1.94 bits per heavy atom. The number of aliphatic hydroxyl groups is 1. The van der Waals surface area contributed by atoms with Gasteiger partial charge in [0, 0.05) is 5.69 Å². The maximum atomic E-state index is 8.75. The van der Waals surface area contributed by atoms with Gasteiger partial charge in [-0.05, 0) is 29.7 Å². The van der Waals surface area contributed by atoms with Gasteiger partial charge in [0.05, 0.1) is 6.61 Å². The van der Waals surface area contributed by atoms with E-state index in [-0.39, 0.29) is 6.61 Å². The zero-order chi connectivity index (χ0) is 12.5. The Hall–Kier alpha value is -1.80. The smallest absolute Gasteiger partial charge is 0.0615 e. The summed E-state index contributed by atoms with van der Waals surface area (Å²) in [6, 6.07) is 7.72. The van der Waals surface area contributed by atoms with Crippen LogP contribution in [0.1, 0.15) is 18.9 Å². The molecule has 2 heteroatoms. The number of hydrogen-bond acceptors (Lipinski definition) is 2. The maximum absolute atomic E-state index is 8.75. The van der Waals surface area contributed by atoms with E-state index in [1.54, 1.807) is 6.08 Å². The highest BCUT2D eigenvalue weighted by molar-refractivity contribution is 5.57.